The summed E-state index contributed by atoms with van der Waals surface area (Å²) in [5.74, 6) is -2.27. The minimum Gasteiger partial charge on any atom is -0.369 e. The molecule has 0 amide bonds. The van der Waals surface area contributed by atoms with Gasteiger partial charge in [0.1, 0.15) is 0 Å². The van der Waals surface area contributed by atoms with Gasteiger partial charge in [-0.1, -0.05) is 35.5 Å². The average molecular weight is 326 g/mol. The number of para-hydroxylation sites is 1. The topological polar surface area (TPSA) is 43.8 Å². The average Bonchev–Trinajstić information content (AvgIpc) is 2.74. The summed E-state index contributed by atoms with van der Waals surface area (Å²) in [6, 6.07) is 12.0. The Hall–Kier alpha value is -1.79. The van der Waals surface area contributed by atoms with Crippen LogP contribution in [0.2, 0.25) is 5.02 Å². The van der Waals surface area contributed by atoms with Gasteiger partial charge in [-0.05, 0) is 30.3 Å². The summed E-state index contributed by atoms with van der Waals surface area (Å²) in [6.45, 7) is 0. The highest BCUT2D eigenvalue weighted by Crippen LogP contribution is 2.34. The third-order valence-corrected chi connectivity index (χ3v) is 3.98. The van der Waals surface area contributed by atoms with Crippen LogP contribution >= 0.6 is 23.4 Å². The van der Waals surface area contributed by atoms with Crippen LogP contribution in [-0.2, 0) is 0 Å². The van der Waals surface area contributed by atoms with Crippen molar-refractivity contribution in [3.05, 3.63) is 47.5 Å². The van der Waals surface area contributed by atoms with Crippen LogP contribution in [-0.4, -0.2) is 15.3 Å². The summed E-state index contributed by atoms with van der Waals surface area (Å²) in [7, 11) is 0. The van der Waals surface area contributed by atoms with Crippen molar-refractivity contribution in [1.29, 1.82) is 0 Å². The molecule has 7 heteroatoms. The fraction of sp³-hybridized carbons (Fsp3) is 0.0714. The Kier molecular flexibility index (Phi) is 3.73. The number of hydrogen-bond donors (Lipinski definition) is 1. The molecule has 3 aromatic rings. The smallest absolute Gasteiger partial charge is 0.288 e. The molecular weight excluding hydrogens is 316 g/mol. The van der Waals surface area contributed by atoms with Crippen molar-refractivity contribution < 1.29 is 8.78 Å². The van der Waals surface area contributed by atoms with Gasteiger partial charge in [-0.3, -0.25) is 4.57 Å². The van der Waals surface area contributed by atoms with E-state index in [9.17, 15) is 8.78 Å². The van der Waals surface area contributed by atoms with Gasteiger partial charge < -0.3 is 5.73 Å². The van der Waals surface area contributed by atoms with Gasteiger partial charge in [-0.2, -0.15) is 8.78 Å². The normalized spacial score (nSPS) is 11.4. The van der Waals surface area contributed by atoms with Crippen molar-refractivity contribution in [2.24, 2.45) is 0 Å². The van der Waals surface area contributed by atoms with Crippen LogP contribution in [0.3, 0.4) is 0 Å². The largest absolute Gasteiger partial charge is 0.369 e. The molecule has 0 fully saturated rings. The highest BCUT2D eigenvalue weighted by molar-refractivity contribution is 7.99. The number of hydrogen-bond acceptors (Lipinski definition) is 3. The molecule has 2 aromatic carbocycles. The number of thioether (sulfide) groups is 1. The Bertz CT molecular complexity index is 804. The highest BCUT2D eigenvalue weighted by atomic mass is 35.5. The lowest BCUT2D eigenvalue weighted by atomic mass is 10.3. The molecule has 108 valence electrons. The summed E-state index contributed by atoms with van der Waals surface area (Å²) in [5.41, 5.74) is 7.86. The maximum absolute atomic E-state index is 12.7. The number of fused-ring (bicyclic) bond motifs is 1. The van der Waals surface area contributed by atoms with Crippen LogP contribution in [0.5, 0.6) is 0 Å². The predicted octanol–water partition coefficient (Wildman–Crippen LogP) is 4.58. The lowest BCUT2D eigenvalue weighted by Gasteiger charge is -2.11. The molecule has 0 spiro atoms. The Balaban J connectivity index is 2.23. The molecular formula is C14H10ClF2N3S. The number of imidazole rings is 1. The molecule has 0 aliphatic carbocycles. The summed E-state index contributed by atoms with van der Waals surface area (Å²) in [5, 5.41) is 0.544. The summed E-state index contributed by atoms with van der Waals surface area (Å²) >= 11 is 6.41. The first-order valence-electron chi connectivity index (χ1n) is 6.04. The van der Waals surface area contributed by atoms with Crippen molar-refractivity contribution in [2.75, 3.05) is 5.73 Å². The number of rotatable bonds is 3. The van der Waals surface area contributed by atoms with Crippen LogP contribution < -0.4 is 5.73 Å². The summed E-state index contributed by atoms with van der Waals surface area (Å²) in [6.07, 6.45) is 0. The van der Waals surface area contributed by atoms with E-state index < -0.39 is 5.76 Å². The third kappa shape index (κ3) is 2.69. The van der Waals surface area contributed by atoms with Crippen LogP contribution in [0, 0.1) is 0 Å². The lowest BCUT2D eigenvalue weighted by Crippen LogP contribution is -2.02. The zero-order valence-electron chi connectivity index (χ0n) is 10.6. The molecule has 0 radical (unpaired) electrons. The molecule has 1 heterocycles. The number of halogens is 3. The van der Waals surface area contributed by atoms with E-state index in [0.29, 0.717) is 32.9 Å². The lowest BCUT2D eigenvalue weighted by molar-refractivity contribution is 0.252. The number of nitrogen functional groups attached to an aromatic ring is 1. The number of alkyl halides is 2. The summed E-state index contributed by atoms with van der Waals surface area (Å²) in [4.78, 5) is 4.67. The van der Waals surface area contributed by atoms with Crippen molar-refractivity contribution in [3.63, 3.8) is 0 Å². The molecule has 3 rings (SSSR count). The van der Waals surface area contributed by atoms with E-state index in [1.807, 2.05) is 0 Å². The van der Waals surface area contributed by atoms with E-state index in [1.165, 1.54) is 0 Å². The molecule has 0 unspecified atom stereocenters. The van der Waals surface area contributed by atoms with Gasteiger partial charge in [0.15, 0.2) is 0 Å². The number of aromatic nitrogens is 2. The molecule has 1 aromatic heterocycles. The molecule has 0 saturated heterocycles. The molecule has 0 saturated carbocycles. The Morgan fingerprint density at radius 1 is 1.19 bits per heavy atom. The monoisotopic (exact) mass is 325 g/mol. The second-order valence-corrected chi connectivity index (χ2v) is 5.75. The van der Waals surface area contributed by atoms with Crippen LogP contribution in [0.1, 0.15) is 0 Å². The maximum atomic E-state index is 12.7. The van der Waals surface area contributed by atoms with Crippen LogP contribution in [0.4, 0.5) is 14.7 Å². The number of anilines is 1. The highest BCUT2D eigenvalue weighted by Gasteiger charge is 2.16. The predicted molar refractivity (Wildman–Crippen MR) is 82.4 cm³/mol. The molecule has 21 heavy (non-hydrogen) atoms. The summed E-state index contributed by atoms with van der Waals surface area (Å²) < 4.78 is 27.0. The second kappa shape index (κ2) is 5.54. The van der Waals surface area contributed by atoms with Gasteiger partial charge >= 0.3 is 0 Å². The van der Waals surface area contributed by atoms with E-state index in [-0.39, 0.29) is 5.95 Å². The van der Waals surface area contributed by atoms with Crippen LogP contribution in [0.15, 0.2) is 47.4 Å². The van der Waals surface area contributed by atoms with E-state index in [4.69, 9.17) is 17.3 Å². The zero-order chi connectivity index (χ0) is 15.0. The van der Waals surface area contributed by atoms with E-state index >= 15 is 0 Å². The molecule has 0 aliphatic rings. The van der Waals surface area contributed by atoms with Gasteiger partial charge in [0.05, 0.1) is 16.7 Å². The van der Waals surface area contributed by atoms with Crippen molar-refractivity contribution in [3.8, 4) is 5.69 Å². The van der Waals surface area contributed by atoms with Gasteiger partial charge in [0.25, 0.3) is 5.76 Å². The SMILES string of the molecule is Nc1nc2cc(Cl)ccc2n1-c1ccccc1SC(F)F. The van der Waals surface area contributed by atoms with Gasteiger partial charge in [0, 0.05) is 9.92 Å². The minimum atomic E-state index is -2.50. The number of nitrogens with zero attached hydrogens (tertiary/aromatic N) is 2. The third-order valence-electron chi connectivity index (χ3n) is 2.96. The second-order valence-electron chi connectivity index (χ2n) is 4.28. The van der Waals surface area contributed by atoms with Crippen molar-refractivity contribution in [1.82, 2.24) is 9.55 Å². The molecule has 0 bridgehead atoms. The Morgan fingerprint density at radius 2 is 1.95 bits per heavy atom. The molecule has 0 atom stereocenters. The molecule has 2 N–H and O–H groups in total. The first-order valence-corrected chi connectivity index (χ1v) is 7.29. The van der Waals surface area contributed by atoms with Crippen LogP contribution in [0.25, 0.3) is 16.7 Å². The first-order chi connectivity index (χ1) is 10.1. The standard InChI is InChI=1S/C14H10ClF2N3S/c15-8-5-6-10-9(7-8)19-14(18)20(10)11-3-1-2-4-12(11)21-13(16)17/h1-7,13H,(H2,18,19). The fourth-order valence-corrected chi connectivity index (χ4v) is 2.96. The number of nitrogens with two attached hydrogens (primary N) is 1. The van der Waals surface area contributed by atoms with Gasteiger partial charge in [-0.15, -0.1) is 0 Å². The molecule has 3 nitrogen and oxygen atoms in total. The first kappa shape index (κ1) is 14.2. The minimum absolute atomic E-state index is 0.231. The van der Waals surface area contributed by atoms with Crippen molar-refractivity contribution >= 4 is 40.3 Å². The van der Waals surface area contributed by atoms with E-state index in [1.54, 1.807) is 47.0 Å². The Labute approximate surface area is 128 Å². The molecule has 0 aliphatic heterocycles. The van der Waals surface area contributed by atoms with Crippen molar-refractivity contribution in [2.45, 2.75) is 10.7 Å². The quantitative estimate of drug-likeness (QED) is 0.717. The fourth-order valence-electron chi connectivity index (χ4n) is 2.16. The number of benzene rings is 2. The maximum Gasteiger partial charge on any atom is 0.288 e. The van der Waals surface area contributed by atoms with E-state index in [2.05, 4.69) is 4.98 Å². The van der Waals surface area contributed by atoms with E-state index in [0.717, 1.165) is 5.52 Å². The van der Waals surface area contributed by atoms with Gasteiger partial charge in [-0.25, -0.2) is 4.98 Å². The van der Waals surface area contributed by atoms with Gasteiger partial charge in [0.2, 0.25) is 5.95 Å². The Morgan fingerprint density at radius 3 is 2.71 bits per heavy atom. The zero-order valence-corrected chi connectivity index (χ0v) is 12.2.